The molecule has 0 aliphatic rings. The lowest BCUT2D eigenvalue weighted by Crippen LogP contribution is -1.95. The fourth-order valence-electron chi connectivity index (χ4n) is 9.66. The summed E-state index contributed by atoms with van der Waals surface area (Å²) in [7, 11) is 0. The van der Waals surface area contributed by atoms with E-state index in [0.717, 1.165) is 55.7 Å². The molecule has 9 aromatic carbocycles. The van der Waals surface area contributed by atoms with Crippen molar-refractivity contribution in [3.8, 4) is 44.9 Å². The molecule has 61 heavy (non-hydrogen) atoms. The molecule has 5 nitrogen and oxygen atoms in total. The van der Waals surface area contributed by atoms with Gasteiger partial charge < -0.3 is 13.6 Å². The van der Waals surface area contributed by atoms with E-state index in [0.29, 0.717) is 5.58 Å². The van der Waals surface area contributed by atoms with Gasteiger partial charge in [0.1, 0.15) is 23.1 Å². The molecule has 13 aromatic rings. The van der Waals surface area contributed by atoms with Gasteiger partial charge in [0.05, 0.1) is 22.1 Å². The minimum absolute atomic E-state index is 0.681. The number of para-hydroxylation sites is 3. The smallest absolute Gasteiger partial charge is 0.180 e. The van der Waals surface area contributed by atoms with Crippen LogP contribution in [0.25, 0.3) is 121 Å². The van der Waals surface area contributed by atoms with Crippen LogP contribution < -0.4 is 0 Å². The van der Waals surface area contributed by atoms with Gasteiger partial charge in [-0.2, -0.15) is 0 Å². The molecule has 0 saturated heterocycles. The van der Waals surface area contributed by atoms with Crippen LogP contribution in [0.5, 0.6) is 0 Å². The lowest BCUT2D eigenvalue weighted by atomic mass is 9.97. The highest BCUT2D eigenvalue weighted by Crippen LogP contribution is 2.41. The van der Waals surface area contributed by atoms with E-state index in [1.54, 1.807) is 6.33 Å². The molecule has 0 N–H and O–H groups in total. The van der Waals surface area contributed by atoms with Crippen molar-refractivity contribution in [1.82, 2.24) is 19.1 Å². The van der Waals surface area contributed by atoms with Crippen LogP contribution >= 0.6 is 0 Å². The topological polar surface area (TPSA) is 48.8 Å². The minimum Gasteiger partial charge on any atom is -0.452 e. The summed E-state index contributed by atoms with van der Waals surface area (Å²) in [4.78, 5) is 9.61. The Hall–Kier alpha value is -8.28. The molecule has 13 rings (SSSR count). The molecule has 0 fully saturated rings. The summed E-state index contributed by atoms with van der Waals surface area (Å²) in [5.41, 5.74) is 15.6. The summed E-state index contributed by atoms with van der Waals surface area (Å²) >= 11 is 0. The highest BCUT2D eigenvalue weighted by atomic mass is 16.3. The van der Waals surface area contributed by atoms with E-state index >= 15 is 0 Å². The van der Waals surface area contributed by atoms with Crippen LogP contribution in [0.15, 0.2) is 211 Å². The fraction of sp³-hybridized carbons (Fsp3) is 0. The molecular formula is C56H34N4O. The van der Waals surface area contributed by atoms with Crippen molar-refractivity contribution in [2.24, 2.45) is 0 Å². The summed E-state index contributed by atoms with van der Waals surface area (Å²) in [5, 5.41) is 8.30. The Morgan fingerprint density at radius 1 is 0.361 bits per heavy atom. The van der Waals surface area contributed by atoms with Gasteiger partial charge in [0.25, 0.3) is 0 Å². The van der Waals surface area contributed by atoms with Gasteiger partial charge in [-0.3, -0.25) is 0 Å². The predicted molar refractivity (Wildman–Crippen MR) is 252 cm³/mol. The van der Waals surface area contributed by atoms with Gasteiger partial charge in [0, 0.05) is 43.9 Å². The SMILES string of the molecule is c1ccc(-n2c3ccccc3c3cc(-c4ccc5c(c4)c4ccccc4n5-c4cccc(-c5ncnc6c5oc5ccc(-c7cccc8ccccc78)cc56)c4)ccc32)cc1. The standard InChI is InChI=1S/C56H34N4O/c1-2-15-40(16-3-1)59-49-22-8-6-19-44(49)46-31-36(24-27-51(46)59)37-25-28-52-47(32-37)45-20-7-9-23-50(45)60(52)41-17-10-14-39(30-41)54-56-55(58-34-57-54)48-33-38(26-29-53(48)61-56)43-21-11-13-35-12-4-5-18-42(35)43/h1-34H. The van der Waals surface area contributed by atoms with Crippen LogP contribution in [0.2, 0.25) is 0 Å². The monoisotopic (exact) mass is 778 g/mol. The van der Waals surface area contributed by atoms with Crippen molar-refractivity contribution in [2.75, 3.05) is 0 Å². The zero-order valence-corrected chi connectivity index (χ0v) is 32.8. The first-order valence-corrected chi connectivity index (χ1v) is 20.6. The van der Waals surface area contributed by atoms with E-state index < -0.39 is 0 Å². The number of furan rings is 1. The number of fused-ring (bicyclic) bond motifs is 10. The first-order chi connectivity index (χ1) is 30.2. The number of rotatable bonds is 5. The van der Waals surface area contributed by atoms with E-state index in [1.165, 1.54) is 60.0 Å². The summed E-state index contributed by atoms with van der Waals surface area (Å²) < 4.78 is 11.3. The predicted octanol–water partition coefficient (Wildman–Crippen LogP) is 14.7. The molecular weight excluding hydrogens is 745 g/mol. The Kier molecular flexibility index (Phi) is 7.24. The van der Waals surface area contributed by atoms with Crippen LogP contribution in [0.3, 0.4) is 0 Å². The second kappa shape index (κ2) is 13.1. The normalized spacial score (nSPS) is 11.9. The number of aromatic nitrogens is 4. The Balaban J connectivity index is 0.925. The average molecular weight is 779 g/mol. The first kappa shape index (κ1) is 33.7. The molecule has 0 atom stereocenters. The average Bonchev–Trinajstić information content (AvgIpc) is 3.99. The number of hydrogen-bond acceptors (Lipinski definition) is 3. The van der Waals surface area contributed by atoms with Crippen molar-refractivity contribution in [3.63, 3.8) is 0 Å². The van der Waals surface area contributed by atoms with Gasteiger partial charge in [0.2, 0.25) is 0 Å². The largest absolute Gasteiger partial charge is 0.452 e. The van der Waals surface area contributed by atoms with Crippen LogP contribution in [-0.4, -0.2) is 19.1 Å². The van der Waals surface area contributed by atoms with Gasteiger partial charge in [0.15, 0.2) is 5.58 Å². The van der Waals surface area contributed by atoms with Crippen molar-refractivity contribution < 1.29 is 4.42 Å². The number of hydrogen-bond donors (Lipinski definition) is 0. The molecule has 0 saturated carbocycles. The molecule has 0 aliphatic carbocycles. The minimum atomic E-state index is 0.681. The Bertz CT molecular complexity index is 3880. The van der Waals surface area contributed by atoms with Gasteiger partial charge >= 0.3 is 0 Å². The van der Waals surface area contributed by atoms with Gasteiger partial charge in [-0.05, 0) is 106 Å². The van der Waals surface area contributed by atoms with E-state index in [4.69, 9.17) is 14.4 Å². The van der Waals surface area contributed by atoms with E-state index in [-0.39, 0.29) is 0 Å². The summed E-state index contributed by atoms with van der Waals surface area (Å²) in [5.74, 6) is 0. The van der Waals surface area contributed by atoms with Crippen molar-refractivity contribution in [1.29, 1.82) is 0 Å². The molecule has 0 aliphatic heterocycles. The maximum Gasteiger partial charge on any atom is 0.180 e. The first-order valence-electron chi connectivity index (χ1n) is 20.6. The Labute approximate surface area is 350 Å². The van der Waals surface area contributed by atoms with Gasteiger partial charge in [-0.25, -0.2) is 9.97 Å². The quantitative estimate of drug-likeness (QED) is 0.175. The molecule has 284 valence electrons. The second-order valence-electron chi connectivity index (χ2n) is 15.8. The van der Waals surface area contributed by atoms with Gasteiger partial charge in [-0.15, -0.1) is 0 Å². The highest BCUT2D eigenvalue weighted by Gasteiger charge is 2.19. The maximum atomic E-state index is 6.58. The summed E-state index contributed by atoms with van der Waals surface area (Å²) in [6.45, 7) is 0. The number of nitrogens with zero attached hydrogens (tertiary/aromatic N) is 4. The lowest BCUT2D eigenvalue weighted by Gasteiger charge is -2.11. The Morgan fingerprint density at radius 2 is 0.934 bits per heavy atom. The Morgan fingerprint density at radius 3 is 1.69 bits per heavy atom. The van der Waals surface area contributed by atoms with Gasteiger partial charge in [-0.1, -0.05) is 127 Å². The zero-order chi connectivity index (χ0) is 40.0. The third kappa shape index (κ3) is 5.14. The summed E-state index contributed by atoms with van der Waals surface area (Å²) in [6, 6.07) is 71.7. The van der Waals surface area contributed by atoms with Crippen LogP contribution in [0, 0.1) is 0 Å². The third-order valence-corrected chi connectivity index (χ3v) is 12.4. The summed E-state index contributed by atoms with van der Waals surface area (Å²) in [6.07, 6.45) is 1.66. The fourth-order valence-corrected chi connectivity index (χ4v) is 9.66. The van der Waals surface area contributed by atoms with Crippen LogP contribution in [0.4, 0.5) is 0 Å². The van der Waals surface area contributed by atoms with E-state index in [1.807, 2.05) is 0 Å². The second-order valence-corrected chi connectivity index (χ2v) is 15.8. The maximum absolute atomic E-state index is 6.58. The molecule has 5 heteroatoms. The molecule has 4 heterocycles. The highest BCUT2D eigenvalue weighted by molar-refractivity contribution is 6.13. The zero-order valence-electron chi connectivity index (χ0n) is 32.8. The van der Waals surface area contributed by atoms with Crippen molar-refractivity contribution >= 4 is 76.5 Å². The molecule has 4 aromatic heterocycles. The van der Waals surface area contributed by atoms with Crippen molar-refractivity contribution in [3.05, 3.63) is 207 Å². The molecule has 0 unspecified atom stereocenters. The molecule has 0 spiro atoms. The number of benzene rings is 9. The van der Waals surface area contributed by atoms with Crippen molar-refractivity contribution in [2.45, 2.75) is 0 Å². The van der Waals surface area contributed by atoms with E-state index in [2.05, 4.69) is 209 Å². The molecule has 0 radical (unpaired) electrons. The third-order valence-electron chi connectivity index (χ3n) is 12.4. The lowest BCUT2D eigenvalue weighted by molar-refractivity contribution is 0.667. The van der Waals surface area contributed by atoms with Crippen LogP contribution in [-0.2, 0) is 0 Å². The molecule has 0 amide bonds. The van der Waals surface area contributed by atoms with Crippen LogP contribution in [0.1, 0.15) is 0 Å². The van der Waals surface area contributed by atoms with E-state index in [9.17, 15) is 0 Å². The molecule has 0 bridgehead atoms.